The number of amides is 1. The lowest BCUT2D eigenvalue weighted by atomic mass is 10.1. The van der Waals surface area contributed by atoms with Gasteiger partial charge in [-0.25, -0.2) is 10.2 Å². The van der Waals surface area contributed by atoms with Crippen LogP contribution in [0.2, 0.25) is 5.02 Å². The van der Waals surface area contributed by atoms with Crippen molar-refractivity contribution in [1.29, 1.82) is 0 Å². The Kier molecular flexibility index (Phi) is 5.97. The van der Waals surface area contributed by atoms with Gasteiger partial charge in [-0.05, 0) is 36.4 Å². The average Bonchev–Trinajstić information content (AvgIpc) is 2.61. The van der Waals surface area contributed by atoms with Crippen LogP contribution in [-0.2, 0) is 0 Å². The molecular weight excluding hydrogens is 348 g/mol. The zero-order valence-electron chi connectivity index (χ0n) is 13.4. The van der Waals surface area contributed by atoms with Crippen molar-refractivity contribution >= 4 is 29.7 Å². The van der Waals surface area contributed by atoms with E-state index in [4.69, 9.17) is 21.1 Å². The van der Waals surface area contributed by atoms with Gasteiger partial charge in [-0.1, -0.05) is 11.6 Å². The summed E-state index contributed by atoms with van der Waals surface area (Å²) in [6.45, 7) is 0. The van der Waals surface area contributed by atoms with Crippen molar-refractivity contribution in [3.63, 3.8) is 0 Å². The van der Waals surface area contributed by atoms with E-state index in [2.05, 4.69) is 10.5 Å². The minimum Gasteiger partial charge on any atom is -0.493 e. The van der Waals surface area contributed by atoms with Gasteiger partial charge in [-0.3, -0.25) is 4.79 Å². The van der Waals surface area contributed by atoms with Crippen LogP contribution in [0.3, 0.4) is 0 Å². The maximum atomic E-state index is 12.0. The highest BCUT2D eigenvalue weighted by molar-refractivity contribution is 6.30. The first-order valence-electron chi connectivity index (χ1n) is 7.05. The Balaban J connectivity index is 2.24. The van der Waals surface area contributed by atoms with Crippen molar-refractivity contribution in [2.75, 3.05) is 14.2 Å². The first-order chi connectivity index (χ1) is 12.0. The van der Waals surface area contributed by atoms with E-state index in [9.17, 15) is 14.7 Å². The van der Waals surface area contributed by atoms with Crippen molar-refractivity contribution in [1.82, 2.24) is 5.43 Å². The number of benzene rings is 2. The number of nitrogens with zero attached hydrogens (tertiary/aromatic N) is 1. The van der Waals surface area contributed by atoms with E-state index in [1.807, 2.05) is 0 Å². The number of carbonyl (C=O) groups excluding carboxylic acids is 1. The van der Waals surface area contributed by atoms with Crippen LogP contribution in [0.1, 0.15) is 26.3 Å². The molecule has 0 heterocycles. The second kappa shape index (κ2) is 8.16. The Labute approximate surface area is 148 Å². The predicted octanol–water partition coefficient (Wildman–Crippen LogP) is 2.82. The fraction of sp³-hybridized carbons (Fsp3) is 0.118. The number of hydrogen-bond acceptors (Lipinski definition) is 5. The number of aromatic carboxylic acids is 1. The zero-order valence-corrected chi connectivity index (χ0v) is 14.2. The number of hydrogen-bond donors (Lipinski definition) is 2. The van der Waals surface area contributed by atoms with Gasteiger partial charge in [0.25, 0.3) is 5.91 Å². The van der Waals surface area contributed by atoms with Crippen LogP contribution in [0.15, 0.2) is 41.5 Å². The molecule has 2 N–H and O–H groups in total. The minimum atomic E-state index is -1.21. The third kappa shape index (κ3) is 4.27. The van der Waals surface area contributed by atoms with Gasteiger partial charge < -0.3 is 14.6 Å². The first kappa shape index (κ1) is 18.3. The van der Waals surface area contributed by atoms with Gasteiger partial charge in [-0.15, -0.1) is 0 Å². The molecule has 0 fully saturated rings. The molecule has 0 saturated carbocycles. The van der Waals surface area contributed by atoms with Crippen LogP contribution in [0.25, 0.3) is 0 Å². The van der Waals surface area contributed by atoms with E-state index in [-0.39, 0.29) is 22.6 Å². The second-order valence-corrected chi connectivity index (χ2v) is 5.21. The molecule has 0 atom stereocenters. The first-order valence-corrected chi connectivity index (χ1v) is 7.43. The smallest absolute Gasteiger partial charge is 0.340 e. The molecule has 2 aromatic carbocycles. The molecule has 0 unspecified atom stereocenters. The predicted molar refractivity (Wildman–Crippen MR) is 93.0 cm³/mol. The van der Waals surface area contributed by atoms with Gasteiger partial charge in [0.2, 0.25) is 0 Å². The molecule has 1 amide bonds. The molecule has 0 aliphatic carbocycles. The van der Waals surface area contributed by atoms with Gasteiger partial charge >= 0.3 is 5.97 Å². The van der Waals surface area contributed by atoms with E-state index < -0.39 is 11.9 Å². The Morgan fingerprint density at radius 2 is 1.80 bits per heavy atom. The number of rotatable bonds is 6. The standard InChI is InChI=1S/C17H15ClN2O5/c1-24-13-8-5-11(14(17(22)23)15(13)25-2)9-19-20-16(21)10-3-6-12(18)7-4-10/h3-9H,1-2H3,(H,20,21)(H,22,23). The monoisotopic (exact) mass is 362 g/mol. The molecule has 130 valence electrons. The molecule has 0 aliphatic heterocycles. The summed E-state index contributed by atoms with van der Waals surface area (Å²) < 4.78 is 10.2. The topological polar surface area (TPSA) is 97.2 Å². The number of carboxylic acid groups (broad SMARTS) is 1. The largest absolute Gasteiger partial charge is 0.493 e. The molecule has 2 aromatic rings. The van der Waals surface area contributed by atoms with Crippen molar-refractivity contribution in [2.24, 2.45) is 5.10 Å². The summed E-state index contributed by atoms with van der Waals surface area (Å²) in [5.74, 6) is -1.31. The van der Waals surface area contributed by atoms with Gasteiger partial charge in [0, 0.05) is 16.1 Å². The molecule has 0 spiro atoms. The summed E-state index contributed by atoms with van der Waals surface area (Å²) in [7, 11) is 2.75. The lowest BCUT2D eigenvalue weighted by Gasteiger charge is -2.12. The second-order valence-electron chi connectivity index (χ2n) is 4.78. The quantitative estimate of drug-likeness (QED) is 0.608. The number of halogens is 1. The highest BCUT2D eigenvalue weighted by Crippen LogP contribution is 2.32. The average molecular weight is 363 g/mol. The van der Waals surface area contributed by atoms with Crippen LogP contribution in [-0.4, -0.2) is 37.4 Å². The zero-order chi connectivity index (χ0) is 18.4. The van der Waals surface area contributed by atoms with E-state index in [1.165, 1.54) is 26.5 Å². The third-order valence-corrected chi connectivity index (χ3v) is 3.52. The van der Waals surface area contributed by atoms with E-state index in [1.54, 1.807) is 30.3 Å². The molecule has 0 aromatic heterocycles. The van der Waals surface area contributed by atoms with E-state index in [0.29, 0.717) is 10.6 Å². The number of nitrogens with one attached hydrogen (secondary N) is 1. The summed E-state index contributed by atoms with van der Waals surface area (Å²) in [6.07, 6.45) is 1.22. The molecule has 8 heteroatoms. The number of ether oxygens (including phenoxy) is 2. The van der Waals surface area contributed by atoms with Crippen LogP contribution in [0, 0.1) is 0 Å². The molecule has 0 saturated heterocycles. The molecule has 0 bridgehead atoms. The van der Waals surface area contributed by atoms with Gasteiger partial charge in [0.1, 0.15) is 5.56 Å². The molecule has 25 heavy (non-hydrogen) atoms. The Morgan fingerprint density at radius 3 is 2.36 bits per heavy atom. The summed E-state index contributed by atoms with van der Waals surface area (Å²) in [4.78, 5) is 23.5. The van der Waals surface area contributed by atoms with E-state index >= 15 is 0 Å². The third-order valence-electron chi connectivity index (χ3n) is 3.27. The van der Waals surface area contributed by atoms with Crippen molar-refractivity contribution in [2.45, 2.75) is 0 Å². The summed E-state index contributed by atoms with van der Waals surface area (Å²) in [5, 5.41) is 13.7. The van der Waals surface area contributed by atoms with Crippen LogP contribution in [0.4, 0.5) is 0 Å². The summed E-state index contributed by atoms with van der Waals surface area (Å²) >= 11 is 5.76. The van der Waals surface area contributed by atoms with Gasteiger partial charge in [-0.2, -0.15) is 5.10 Å². The van der Waals surface area contributed by atoms with E-state index in [0.717, 1.165) is 0 Å². The fourth-order valence-corrected chi connectivity index (χ4v) is 2.22. The SMILES string of the molecule is COc1ccc(C=NNC(=O)c2ccc(Cl)cc2)c(C(=O)O)c1OC. The highest BCUT2D eigenvalue weighted by atomic mass is 35.5. The lowest BCUT2D eigenvalue weighted by Crippen LogP contribution is -2.17. The van der Waals surface area contributed by atoms with Crippen molar-refractivity contribution < 1.29 is 24.2 Å². The number of methoxy groups -OCH3 is 2. The molecular formula is C17H15ClN2O5. The number of carbonyl (C=O) groups is 2. The van der Waals surface area contributed by atoms with Crippen molar-refractivity contribution in [3.05, 3.63) is 58.1 Å². The molecule has 0 radical (unpaired) electrons. The number of hydrazone groups is 1. The number of carboxylic acids is 1. The maximum absolute atomic E-state index is 12.0. The molecule has 2 rings (SSSR count). The van der Waals surface area contributed by atoms with Gasteiger partial charge in [0.15, 0.2) is 11.5 Å². The summed E-state index contributed by atoms with van der Waals surface area (Å²) in [6, 6.07) is 9.31. The Bertz CT molecular complexity index is 819. The Hall–Kier alpha value is -3.06. The fourth-order valence-electron chi connectivity index (χ4n) is 2.10. The van der Waals surface area contributed by atoms with Crippen LogP contribution >= 0.6 is 11.6 Å². The van der Waals surface area contributed by atoms with Crippen molar-refractivity contribution in [3.8, 4) is 11.5 Å². The minimum absolute atomic E-state index is 0.0722. The summed E-state index contributed by atoms with van der Waals surface area (Å²) in [5.41, 5.74) is 2.82. The lowest BCUT2D eigenvalue weighted by molar-refractivity contribution is 0.0692. The van der Waals surface area contributed by atoms with Crippen LogP contribution in [0.5, 0.6) is 11.5 Å². The normalized spacial score (nSPS) is 10.5. The maximum Gasteiger partial charge on any atom is 0.340 e. The molecule has 0 aliphatic rings. The Morgan fingerprint density at radius 1 is 1.12 bits per heavy atom. The van der Waals surface area contributed by atoms with Crippen LogP contribution < -0.4 is 14.9 Å². The molecule has 7 nitrogen and oxygen atoms in total. The highest BCUT2D eigenvalue weighted by Gasteiger charge is 2.20. The van der Waals surface area contributed by atoms with Gasteiger partial charge in [0.05, 0.1) is 20.4 Å².